The first kappa shape index (κ1) is 16.5. The molecule has 0 aliphatic carbocycles. The zero-order valence-corrected chi connectivity index (χ0v) is 12.7. The Hall–Kier alpha value is -2.86. The van der Waals surface area contributed by atoms with E-state index < -0.39 is 0 Å². The van der Waals surface area contributed by atoms with Gasteiger partial charge in [0.25, 0.3) is 5.91 Å². The van der Waals surface area contributed by atoms with Gasteiger partial charge >= 0.3 is 0 Å². The first-order chi connectivity index (χ1) is 10.6. The van der Waals surface area contributed by atoms with Crippen molar-refractivity contribution >= 4 is 29.9 Å². The fourth-order valence-corrected chi connectivity index (χ4v) is 2.02. The molecule has 0 saturated heterocycles. The lowest BCUT2D eigenvalue weighted by Crippen LogP contribution is -2.11. The third-order valence-corrected chi connectivity index (χ3v) is 3.16. The Kier molecular flexibility index (Phi) is 4.98. The van der Waals surface area contributed by atoms with Crippen molar-refractivity contribution < 1.29 is 9.18 Å². The predicted molar refractivity (Wildman–Crippen MR) is 90.0 cm³/mol. The standard InChI is InChI=1S/C16H13FN4O.ClH/c17-12-5-1-11(2-6-12)15(22)20-13-7-3-10(4-8-13)14-9-19-16(18)21-14;/h1-9H,(H,20,22)(H3,18,19,21);1H. The van der Waals surface area contributed by atoms with Gasteiger partial charge in [-0.05, 0) is 42.0 Å². The summed E-state index contributed by atoms with van der Waals surface area (Å²) in [6.07, 6.45) is 1.64. The van der Waals surface area contributed by atoms with Crippen molar-refractivity contribution in [1.29, 1.82) is 0 Å². The number of carbonyl (C=O) groups excluding carboxylic acids is 1. The molecule has 0 spiro atoms. The smallest absolute Gasteiger partial charge is 0.255 e. The normalized spacial score (nSPS) is 9.96. The van der Waals surface area contributed by atoms with Gasteiger partial charge in [0.05, 0.1) is 11.9 Å². The minimum atomic E-state index is -0.375. The van der Waals surface area contributed by atoms with Gasteiger partial charge in [0.2, 0.25) is 0 Å². The topological polar surface area (TPSA) is 83.8 Å². The summed E-state index contributed by atoms with van der Waals surface area (Å²) in [6.45, 7) is 0. The number of rotatable bonds is 3. The Morgan fingerprint density at radius 1 is 1.09 bits per heavy atom. The van der Waals surface area contributed by atoms with E-state index in [9.17, 15) is 9.18 Å². The zero-order chi connectivity index (χ0) is 15.5. The van der Waals surface area contributed by atoms with Crippen molar-refractivity contribution in [2.24, 2.45) is 0 Å². The number of amides is 1. The molecule has 3 rings (SSSR count). The van der Waals surface area contributed by atoms with Gasteiger partial charge in [-0.3, -0.25) is 4.79 Å². The van der Waals surface area contributed by atoms with Crippen molar-refractivity contribution in [1.82, 2.24) is 9.97 Å². The van der Waals surface area contributed by atoms with Crippen LogP contribution in [0.1, 0.15) is 10.4 Å². The van der Waals surface area contributed by atoms with Crippen LogP contribution >= 0.6 is 12.4 Å². The second-order valence-electron chi connectivity index (χ2n) is 4.72. The number of halogens is 2. The van der Waals surface area contributed by atoms with Gasteiger partial charge in [-0.15, -0.1) is 12.4 Å². The number of hydrogen-bond acceptors (Lipinski definition) is 3. The molecule has 0 atom stereocenters. The van der Waals surface area contributed by atoms with Crippen LogP contribution in [0.2, 0.25) is 0 Å². The molecular weight excluding hydrogens is 319 g/mol. The maximum Gasteiger partial charge on any atom is 0.255 e. The summed E-state index contributed by atoms with van der Waals surface area (Å²) in [6, 6.07) is 12.6. The van der Waals surface area contributed by atoms with Crippen LogP contribution in [0.25, 0.3) is 11.3 Å². The van der Waals surface area contributed by atoms with Crippen LogP contribution < -0.4 is 11.1 Å². The molecule has 4 N–H and O–H groups in total. The maximum atomic E-state index is 12.8. The van der Waals surface area contributed by atoms with Crippen molar-refractivity contribution in [2.45, 2.75) is 0 Å². The molecule has 1 aromatic heterocycles. The summed E-state index contributed by atoms with van der Waals surface area (Å²) in [5.74, 6) is -0.318. The van der Waals surface area contributed by atoms with Gasteiger partial charge < -0.3 is 16.0 Å². The molecular formula is C16H14ClFN4O. The number of nitrogens with zero attached hydrogens (tertiary/aromatic N) is 1. The zero-order valence-electron chi connectivity index (χ0n) is 11.9. The second kappa shape index (κ2) is 6.93. The van der Waals surface area contributed by atoms with Crippen LogP contribution in [0.3, 0.4) is 0 Å². The lowest BCUT2D eigenvalue weighted by atomic mass is 10.1. The molecule has 0 bridgehead atoms. The molecule has 5 nitrogen and oxygen atoms in total. The minimum absolute atomic E-state index is 0. The number of anilines is 2. The Bertz CT molecular complexity index is 800. The number of aromatic amines is 1. The summed E-state index contributed by atoms with van der Waals surface area (Å²) in [5.41, 5.74) is 8.28. The molecule has 3 aromatic rings. The van der Waals surface area contributed by atoms with Crippen LogP contribution in [0, 0.1) is 5.82 Å². The first-order valence-corrected chi connectivity index (χ1v) is 6.59. The second-order valence-corrected chi connectivity index (χ2v) is 4.72. The van der Waals surface area contributed by atoms with Crippen molar-refractivity contribution in [3.05, 3.63) is 66.1 Å². The highest BCUT2D eigenvalue weighted by molar-refractivity contribution is 6.04. The Morgan fingerprint density at radius 3 is 2.30 bits per heavy atom. The van der Waals surface area contributed by atoms with Crippen molar-refractivity contribution in [2.75, 3.05) is 11.1 Å². The molecule has 0 aliphatic rings. The highest BCUT2D eigenvalue weighted by Gasteiger charge is 2.07. The van der Waals surface area contributed by atoms with E-state index in [-0.39, 0.29) is 24.1 Å². The summed E-state index contributed by atoms with van der Waals surface area (Å²) in [4.78, 5) is 18.9. The predicted octanol–water partition coefficient (Wildman–Crippen LogP) is 3.47. The molecule has 7 heteroatoms. The summed E-state index contributed by atoms with van der Waals surface area (Å²) in [5, 5.41) is 2.75. The molecule has 0 fully saturated rings. The van der Waals surface area contributed by atoms with Crippen molar-refractivity contribution in [3.63, 3.8) is 0 Å². The van der Waals surface area contributed by atoms with Gasteiger partial charge in [0, 0.05) is 11.3 Å². The largest absolute Gasteiger partial charge is 0.369 e. The minimum Gasteiger partial charge on any atom is -0.369 e. The number of nitrogen functional groups attached to an aromatic ring is 1. The summed E-state index contributed by atoms with van der Waals surface area (Å²) < 4.78 is 12.8. The van der Waals surface area contributed by atoms with E-state index in [1.165, 1.54) is 24.3 Å². The number of aromatic nitrogens is 2. The van der Waals surface area contributed by atoms with Gasteiger partial charge in [0.15, 0.2) is 5.95 Å². The van der Waals surface area contributed by atoms with Crippen LogP contribution in [0.5, 0.6) is 0 Å². The SMILES string of the molecule is Cl.Nc1ncc(-c2ccc(NC(=O)c3ccc(F)cc3)cc2)[nH]1. The van der Waals surface area contributed by atoms with E-state index in [4.69, 9.17) is 5.73 Å². The van der Waals surface area contributed by atoms with E-state index in [0.29, 0.717) is 17.2 Å². The molecule has 0 radical (unpaired) electrons. The Labute approximate surface area is 138 Å². The monoisotopic (exact) mass is 332 g/mol. The molecule has 2 aromatic carbocycles. The van der Waals surface area contributed by atoms with E-state index in [2.05, 4.69) is 15.3 Å². The molecule has 0 saturated carbocycles. The maximum absolute atomic E-state index is 12.8. The molecule has 0 unspecified atom stereocenters. The van der Waals surface area contributed by atoms with E-state index in [1.54, 1.807) is 18.3 Å². The molecule has 23 heavy (non-hydrogen) atoms. The lowest BCUT2D eigenvalue weighted by Gasteiger charge is -2.06. The van der Waals surface area contributed by atoms with Crippen molar-refractivity contribution in [3.8, 4) is 11.3 Å². The third-order valence-electron chi connectivity index (χ3n) is 3.16. The number of hydrogen-bond donors (Lipinski definition) is 3. The van der Waals surface area contributed by atoms with Crippen LogP contribution in [-0.4, -0.2) is 15.9 Å². The number of nitrogens with two attached hydrogens (primary N) is 1. The fraction of sp³-hybridized carbons (Fsp3) is 0. The van der Waals surface area contributed by atoms with E-state index in [0.717, 1.165) is 11.3 Å². The van der Waals surface area contributed by atoms with Gasteiger partial charge in [0.1, 0.15) is 5.82 Å². The number of imidazole rings is 1. The average molecular weight is 333 g/mol. The number of carbonyl (C=O) groups is 1. The highest BCUT2D eigenvalue weighted by atomic mass is 35.5. The molecule has 1 heterocycles. The number of H-pyrrole nitrogens is 1. The fourth-order valence-electron chi connectivity index (χ4n) is 2.02. The Balaban J connectivity index is 0.00000192. The lowest BCUT2D eigenvalue weighted by molar-refractivity contribution is 0.102. The van der Waals surface area contributed by atoms with E-state index in [1.807, 2.05) is 12.1 Å². The average Bonchev–Trinajstić information content (AvgIpc) is 2.95. The highest BCUT2D eigenvalue weighted by Crippen LogP contribution is 2.20. The van der Waals surface area contributed by atoms with Crippen LogP contribution in [0.15, 0.2) is 54.7 Å². The van der Waals surface area contributed by atoms with Crippen LogP contribution in [-0.2, 0) is 0 Å². The first-order valence-electron chi connectivity index (χ1n) is 6.59. The van der Waals surface area contributed by atoms with E-state index >= 15 is 0 Å². The number of nitrogens with one attached hydrogen (secondary N) is 2. The summed E-state index contributed by atoms with van der Waals surface area (Å²) in [7, 11) is 0. The van der Waals surface area contributed by atoms with Gasteiger partial charge in [-0.2, -0.15) is 0 Å². The van der Waals surface area contributed by atoms with Gasteiger partial charge in [-0.1, -0.05) is 12.1 Å². The Morgan fingerprint density at radius 2 is 1.74 bits per heavy atom. The number of benzene rings is 2. The third kappa shape index (κ3) is 3.87. The van der Waals surface area contributed by atoms with Gasteiger partial charge in [-0.25, -0.2) is 9.37 Å². The molecule has 118 valence electrons. The van der Waals surface area contributed by atoms with Crippen LogP contribution in [0.4, 0.5) is 16.0 Å². The quantitative estimate of drug-likeness (QED) is 0.686. The summed E-state index contributed by atoms with van der Waals surface area (Å²) >= 11 is 0. The molecule has 1 amide bonds. The molecule has 0 aliphatic heterocycles.